The highest BCUT2D eigenvalue weighted by Crippen LogP contribution is 2.20. The SMILES string of the molecule is Cc1ccccc1N(C)C(=O)C(C)CC(=O)O. The summed E-state index contributed by atoms with van der Waals surface area (Å²) in [6.07, 6.45) is -0.144. The molecule has 0 saturated heterocycles. The Morgan fingerprint density at radius 2 is 1.94 bits per heavy atom. The van der Waals surface area contributed by atoms with Crippen molar-refractivity contribution >= 4 is 17.6 Å². The Labute approximate surface area is 101 Å². The summed E-state index contributed by atoms with van der Waals surface area (Å²) >= 11 is 0. The quantitative estimate of drug-likeness (QED) is 0.869. The van der Waals surface area contributed by atoms with Crippen LogP contribution in [0, 0.1) is 12.8 Å². The molecular weight excluding hydrogens is 218 g/mol. The van der Waals surface area contributed by atoms with Crippen molar-refractivity contribution in [2.45, 2.75) is 20.3 Å². The highest BCUT2D eigenvalue weighted by Gasteiger charge is 2.21. The van der Waals surface area contributed by atoms with Gasteiger partial charge in [0, 0.05) is 18.7 Å². The van der Waals surface area contributed by atoms with Crippen LogP contribution >= 0.6 is 0 Å². The minimum atomic E-state index is -0.955. The van der Waals surface area contributed by atoms with E-state index in [1.807, 2.05) is 31.2 Å². The van der Waals surface area contributed by atoms with E-state index in [9.17, 15) is 9.59 Å². The van der Waals surface area contributed by atoms with Crippen LogP contribution < -0.4 is 4.90 Å². The molecule has 4 heteroatoms. The zero-order valence-electron chi connectivity index (χ0n) is 10.3. The third-order valence-electron chi connectivity index (χ3n) is 2.71. The van der Waals surface area contributed by atoms with E-state index < -0.39 is 11.9 Å². The van der Waals surface area contributed by atoms with Gasteiger partial charge in [-0.05, 0) is 18.6 Å². The van der Waals surface area contributed by atoms with Gasteiger partial charge in [0.25, 0.3) is 0 Å². The molecule has 0 aliphatic heterocycles. The van der Waals surface area contributed by atoms with Gasteiger partial charge in [-0.25, -0.2) is 0 Å². The molecule has 0 aromatic heterocycles. The molecule has 0 saturated carbocycles. The van der Waals surface area contributed by atoms with E-state index in [1.54, 1.807) is 14.0 Å². The Hall–Kier alpha value is -1.84. The summed E-state index contributed by atoms with van der Waals surface area (Å²) in [5.41, 5.74) is 1.81. The molecule has 1 N–H and O–H groups in total. The number of hydrogen-bond acceptors (Lipinski definition) is 2. The van der Waals surface area contributed by atoms with Gasteiger partial charge in [-0.15, -0.1) is 0 Å². The number of anilines is 1. The third-order valence-corrected chi connectivity index (χ3v) is 2.71. The second-order valence-corrected chi connectivity index (χ2v) is 4.18. The van der Waals surface area contributed by atoms with Crippen LogP contribution in [0.4, 0.5) is 5.69 Å². The lowest BCUT2D eigenvalue weighted by atomic mass is 10.1. The van der Waals surface area contributed by atoms with E-state index in [1.165, 1.54) is 4.90 Å². The van der Waals surface area contributed by atoms with Gasteiger partial charge in [0.15, 0.2) is 0 Å². The smallest absolute Gasteiger partial charge is 0.304 e. The van der Waals surface area contributed by atoms with E-state index >= 15 is 0 Å². The number of carboxylic acid groups (broad SMARTS) is 1. The summed E-state index contributed by atoms with van der Waals surface area (Å²) in [7, 11) is 1.67. The van der Waals surface area contributed by atoms with E-state index in [0.29, 0.717) is 0 Å². The van der Waals surface area contributed by atoms with E-state index in [-0.39, 0.29) is 12.3 Å². The normalized spacial score (nSPS) is 11.9. The van der Waals surface area contributed by atoms with Gasteiger partial charge in [-0.1, -0.05) is 25.1 Å². The standard InChI is InChI=1S/C13H17NO3/c1-9-6-4-5-7-11(9)14(3)13(17)10(2)8-12(15)16/h4-7,10H,8H2,1-3H3,(H,15,16). The molecule has 1 aromatic carbocycles. The minimum absolute atomic E-state index is 0.144. The maximum atomic E-state index is 12.0. The summed E-state index contributed by atoms with van der Waals surface area (Å²) in [5.74, 6) is -1.65. The van der Waals surface area contributed by atoms with Crippen molar-refractivity contribution in [1.29, 1.82) is 0 Å². The molecule has 4 nitrogen and oxygen atoms in total. The molecule has 1 unspecified atom stereocenters. The summed E-state index contributed by atoms with van der Waals surface area (Å²) < 4.78 is 0. The molecule has 0 aliphatic carbocycles. The van der Waals surface area contributed by atoms with Crippen molar-refractivity contribution in [3.05, 3.63) is 29.8 Å². The molecule has 92 valence electrons. The van der Waals surface area contributed by atoms with Crippen LogP contribution in [0.15, 0.2) is 24.3 Å². The fourth-order valence-corrected chi connectivity index (χ4v) is 1.74. The van der Waals surface area contributed by atoms with Crippen molar-refractivity contribution in [2.24, 2.45) is 5.92 Å². The first kappa shape index (κ1) is 13.2. The number of carboxylic acids is 1. The molecule has 0 aliphatic rings. The topological polar surface area (TPSA) is 57.6 Å². The van der Waals surface area contributed by atoms with Crippen LogP contribution in [0.1, 0.15) is 18.9 Å². The highest BCUT2D eigenvalue weighted by atomic mass is 16.4. The number of para-hydroxylation sites is 1. The number of rotatable bonds is 4. The second kappa shape index (κ2) is 5.48. The summed E-state index contributed by atoms with van der Waals surface area (Å²) in [5, 5.41) is 8.67. The van der Waals surface area contributed by atoms with Gasteiger partial charge in [0.2, 0.25) is 5.91 Å². The average Bonchev–Trinajstić information content (AvgIpc) is 2.27. The number of aliphatic carboxylic acids is 1. The van der Waals surface area contributed by atoms with Gasteiger partial charge in [0.1, 0.15) is 0 Å². The van der Waals surface area contributed by atoms with Crippen molar-refractivity contribution in [3.63, 3.8) is 0 Å². The monoisotopic (exact) mass is 235 g/mol. The molecule has 0 fully saturated rings. The zero-order chi connectivity index (χ0) is 13.0. The Kier molecular flexibility index (Phi) is 4.26. The first-order valence-electron chi connectivity index (χ1n) is 5.48. The molecule has 1 rings (SSSR count). The van der Waals surface area contributed by atoms with Crippen LogP contribution in [-0.2, 0) is 9.59 Å². The van der Waals surface area contributed by atoms with Crippen LogP contribution in [-0.4, -0.2) is 24.0 Å². The number of carbonyl (C=O) groups is 2. The van der Waals surface area contributed by atoms with Crippen molar-refractivity contribution < 1.29 is 14.7 Å². The van der Waals surface area contributed by atoms with Gasteiger partial charge in [0.05, 0.1) is 6.42 Å². The molecule has 17 heavy (non-hydrogen) atoms. The van der Waals surface area contributed by atoms with Crippen molar-refractivity contribution in [1.82, 2.24) is 0 Å². The van der Waals surface area contributed by atoms with E-state index in [2.05, 4.69) is 0 Å². The lowest BCUT2D eigenvalue weighted by molar-refractivity contribution is -0.140. The van der Waals surface area contributed by atoms with Crippen molar-refractivity contribution in [2.75, 3.05) is 11.9 Å². The summed E-state index contributed by atoms with van der Waals surface area (Å²) in [6.45, 7) is 3.55. The molecular formula is C13H17NO3. The van der Waals surface area contributed by atoms with Crippen LogP contribution in [0.25, 0.3) is 0 Å². The van der Waals surface area contributed by atoms with Gasteiger partial charge in [-0.3, -0.25) is 9.59 Å². The summed E-state index contributed by atoms with van der Waals surface area (Å²) in [6, 6.07) is 7.52. The van der Waals surface area contributed by atoms with Gasteiger partial charge in [-0.2, -0.15) is 0 Å². The third kappa shape index (κ3) is 3.31. The van der Waals surface area contributed by atoms with Crippen molar-refractivity contribution in [3.8, 4) is 0 Å². The number of hydrogen-bond donors (Lipinski definition) is 1. The lowest BCUT2D eigenvalue weighted by Crippen LogP contribution is -2.33. The molecule has 0 heterocycles. The Morgan fingerprint density at radius 1 is 1.35 bits per heavy atom. The molecule has 1 aromatic rings. The lowest BCUT2D eigenvalue weighted by Gasteiger charge is -2.22. The molecule has 0 bridgehead atoms. The Bertz CT molecular complexity index is 428. The molecule has 0 spiro atoms. The first-order valence-corrected chi connectivity index (χ1v) is 5.48. The second-order valence-electron chi connectivity index (χ2n) is 4.18. The first-order chi connectivity index (χ1) is 7.93. The Morgan fingerprint density at radius 3 is 2.47 bits per heavy atom. The minimum Gasteiger partial charge on any atom is -0.481 e. The van der Waals surface area contributed by atoms with Crippen LogP contribution in [0.3, 0.4) is 0 Å². The number of amides is 1. The predicted molar refractivity (Wildman–Crippen MR) is 66.0 cm³/mol. The van der Waals surface area contributed by atoms with Gasteiger partial charge < -0.3 is 10.0 Å². The number of benzene rings is 1. The van der Waals surface area contributed by atoms with Gasteiger partial charge >= 0.3 is 5.97 Å². The number of aryl methyl sites for hydroxylation is 1. The molecule has 1 amide bonds. The van der Waals surface area contributed by atoms with Crippen LogP contribution in [0.2, 0.25) is 0 Å². The fraction of sp³-hybridized carbons (Fsp3) is 0.385. The maximum absolute atomic E-state index is 12.0. The number of nitrogens with zero attached hydrogens (tertiary/aromatic N) is 1. The molecule has 1 atom stereocenters. The highest BCUT2D eigenvalue weighted by molar-refractivity contribution is 5.96. The number of carbonyl (C=O) groups excluding carboxylic acids is 1. The fourth-order valence-electron chi connectivity index (χ4n) is 1.74. The summed E-state index contributed by atoms with van der Waals surface area (Å²) in [4.78, 5) is 24.1. The zero-order valence-corrected chi connectivity index (χ0v) is 10.3. The Balaban J connectivity index is 2.83. The largest absolute Gasteiger partial charge is 0.481 e. The average molecular weight is 235 g/mol. The van der Waals surface area contributed by atoms with Crippen LogP contribution in [0.5, 0.6) is 0 Å². The van der Waals surface area contributed by atoms with E-state index in [4.69, 9.17) is 5.11 Å². The predicted octanol–water partition coefficient (Wildman–Crippen LogP) is 2.07. The maximum Gasteiger partial charge on any atom is 0.304 e. The molecule has 0 radical (unpaired) electrons. The van der Waals surface area contributed by atoms with E-state index in [0.717, 1.165) is 11.3 Å².